The molecular weight excluding hydrogens is 646 g/mol. The third kappa shape index (κ3) is 7.66. The van der Waals surface area contributed by atoms with Gasteiger partial charge in [-0.05, 0) is 130 Å². The Kier molecular flexibility index (Phi) is 10.8. The quantitative estimate of drug-likeness (QED) is 0.191. The number of fused-ring (bicyclic) bond motifs is 3. The molecule has 14 nitrogen and oxygen atoms in total. The van der Waals surface area contributed by atoms with Gasteiger partial charge in [-0.15, -0.1) is 5.10 Å². The second kappa shape index (κ2) is 15.3. The molecular formula is C37H49N11O3. The minimum Gasteiger partial charge on any atom is -0.351 e. The summed E-state index contributed by atoms with van der Waals surface area (Å²) in [4.78, 5) is 45.8. The van der Waals surface area contributed by atoms with Crippen molar-refractivity contribution < 1.29 is 14.4 Å². The molecule has 1 aromatic heterocycles. The van der Waals surface area contributed by atoms with Crippen LogP contribution in [0.15, 0.2) is 36.4 Å². The van der Waals surface area contributed by atoms with Gasteiger partial charge in [0.1, 0.15) is 6.04 Å². The fourth-order valence-corrected chi connectivity index (χ4v) is 7.85. The number of aromatic nitrogens is 4. The van der Waals surface area contributed by atoms with Crippen molar-refractivity contribution in [2.75, 3.05) is 60.9 Å². The number of likely N-dealkylation sites (tertiary alicyclic amines) is 1. The molecule has 270 valence electrons. The monoisotopic (exact) mass is 695 g/mol. The maximum atomic E-state index is 13.4. The number of rotatable bonds is 14. The topological polar surface area (TPSA) is 175 Å². The summed E-state index contributed by atoms with van der Waals surface area (Å²) in [6, 6.07) is 13.5. The molecule has 0 spiro atoms. The predicted octanol–water partition coefficient (Wildman–Crippen LogP) is 1.10. The summed E-state index contributed by atoms with van der Waals surface area (Å²) < 4.78 is 0. The molecule has 2 heterocycles. The number of hydrogen-bond acceptors (Lipinski definition) is 10. The normalized spacial score (nSPS) is 20.5. The number of carbonyl (C=O) groups is 3. The molecule has 3 aromatic rings. The maximum Gasteiger partial charge on any atom is 0.251 e. The molecule has 1 saturated carbocycles. The van der Waals surface area contributed by atoms with Crippen LogP contribution in [0.5, 0.6) is 0 Å². The summed E-state index contributed by atoms with van der Waals surface area (Å²) in [6.45, 7) is 4.64. The van der Waals surface area contributed by atoms with Crippen LogP contribution in [0.1, 0.15) is 75.0 Å². The van der Waals surface area contributed by atoms with Crippen LogP contribution >= 0.6 is 0 Å². The van der Waals surface area contributed by atoms with E-state index in [1.54, 1.807) is 4.90 Å². The minimum absolute atomic E-state index is 0.0645. The molecule has 14 heteroatoms. The smallest absolute Gasteiger partial charge is 0.251 e. The highest BCUT2D eigenvalue weighted by atomic mass is 16.2. The summed E-state index contributed by atoms with van der Waals surface area (Å²) in [5, 5.41) is 34.8. The zero-order valence-corrected chi connectivity index (χ0v) is 30.2. The Morgan fingerprint density at radius 3 is 2.06 bits per heavy atom. The average molecular weight is 696 g/mol. The van der Waals surface area contributed by atoms with Crippen molar-refractivity contribution in [2.24, 2.45) is 5.92 Å². The van der Waals surface area contributed by atoms with Crippen molar-refractivity contribution >= 4 is 17.7 Å². The molecule has 2 aliphatic carbocycles. The standard InChI is InChI=1S/C37H49N11O3/c1-23(41-22-33(49)48-29(21-38)18-28-19-32(28)48)20-37(36-42-44-45-43-36)30-10-8-26(34(50)39-12-14-46(2)3)16-24(30)6-7-25-17-27(9-11-31(25)37)35(51)40-13-15-47(4)5/h8-11,16-17,23,28-29,32,41H,6-7,12-15,18-20,22H2,1-5H3,(H,39,50)(H,40,51)(H,42,43,44,45)/t23-,28+,29-,32-/m0/s1. The summed E-state index contributed by atoms with van der Waals surface area (Å²) >= 11 is 0. The summed E-state index contributed by atoms with van der Waals surface area (Å²) in [5.41, 5.74) is 4.10. The maximum absolute atomic E-state index is 13.4. The molecule has 0 unspecified atom stereocenters. The van der Waals surface area contributed by atoms with Crippen LogP contribution in [0, 0.1) is 17.2 Å². The molecule has 3 aliphatic rings. The number of nitrogens with one attached hydrogen (secondary N) is 4. The van der Waals surface area contributed by atoms with Crippen LogP contribution in [0.4, 0.5) is 0 Å². The van der Waals surface area contributed by atoms with Crippen LogP contribution in [-0.4, -0.2) is 132 Å². The molecule has 6 rings (SSSR count). The van der Waals surface area contributed by atoms with Crippen LogP contribution in [0.2, 0.25) is 0 Å². The number of likely N-dealkylation sites (N-methyl/N-ethyl adjacent to an activating group) is 2. The van der Waals surface area contributed by atoms with E-state index >= 15 is 0 Å². The molecule has 51 heavy (non-hydrogen) atoms. The SMILES string of the molecule is C[C@@H](CC1(c2nnn[nH]2)c2ccc(C(=O)NCCN(C)C)cc2CCc2cc(C(=O)NCCN(C)C)ccc21)NCC(=O)N1[C@H](C#N)C[C@@H]2C[C@@H]21. The van der Waals surface area contributed by atoms with Gasteiger partial charge in [-0.3, -0.25) is 14.4 Å². The highest BCUT2D eigenvalue weighted by Gasteiger charge is 2.54. The Bertz CT molecular complexity index is 1710. The molecule has 0 bridgehead atoms. The minimum atomic E-state index is -0.912. The zero-order valence-electron chi connectivity index (χ0n) is 30.2. The van der Waals surface area contributed by atoms with Gasteiger partial charge in [0.05, 0.1) is 18.0 Å². The third-order valence-electron chi connectivity index (χ3n) is 10.5. The molecule has 4 atom stereocenters. The van der Waals surface area contributed by atoms with Crippen molar-refractivity contribution in [3.8, 4) is 6.07 Å². The van der Waals surface area contributed by atoms with Crippen LogP contribution in [-0.2, 0) is 23.1 Å². The number of benzene rings is 2. The Balaban J connectivity index is 1.36. The first-order chi connectivity index (χ1) is 24.5. The lowest BCUT2D eigenvalue weighted by molar-refractivity contribution is -0.131. The third-order valence-corrected chi connectivity index (χ3v) is 10.5. The molecule has 1 saturated heterocycles. The molecule has 4 N–H and O–H groups in total. The number of amides is 3. The molecule has 0 radical (unpaired) electrons. The summed E-state index contributed by atoms with van der Waals surface area (Å²) in [6.07, 6.45) is 3.45. The number of piperidine rings is 1. The predicted molar refractivity (Wildman–Crippen MR) is 191 cm³/mol. The van der Waals surface area contributed by atoms with E-state index in [1.807, 2.05) is 81.3 Å². The number of tetrazole rings is 1. The van der Waals surface area contributed by atoms with Crippen LogP contribution in [0.25, 0.3) is 0 Å². The Morgan fingerprint density at radius 2 is 1.55 bits per heavy atom. The molecule has 1 aliphatic heterocycles. The second-order valence-electron chi connectivity index (χ2n) is 14.7. The summed E-state index contributed by atoms with van der Waals surface area (Å²) in [5.74, 6) is 0.619. The van der Waals surface area contributed by atoms with Crippen molar-refractivity contribution in [3.05, 3.63) is 75.6 Å². The number of nitrogens with zero attached hydrogens (tertiary/aromatic N) is 7. The van der Waals surface area contributed by atoms with Gasteiger partial charge in [0.2, 0.25) is 5.91 Å². The van der Waals surface area contributed by atoms with Gasteiger partial charge in [0.25, 0.3) is 11.8 Å². The largest absolute Gasteiger partial charge is 0.351 e. The summed E-state index contributed by atoms with van der Waals surface area (Å²) in [7, 11) is 7.86. The van der Waals surface area contributed by atoms with Crippen LogP contribution in [0.3, 0.4) is 0 Å². The lowest BCUT2D eigenvalue weighted by Crippen LogP contribution is -2.46. The van der Waals surface area contributed by atoms with Gasteiger partial charge in [0, 0.05) is 49.4 Å². The van der Waals surface area contributed by atoms with E-state index in [0.717, 1.165) is 48.2 Å². The van der Waals surface area contributed by atoms with Gasteiger partial charge < -0.3 is 30.7 Å². The van der Waals surface area contributed by atoms with Gasteiger partial charge >= 0.3 is 0 Å². The first kappa shape index (κ1) is 36.1. The fraction of sp³-hybridized carbons (Fsp3) is 0.541. The van der Waals surface area contributed by atoms with Gasteiger partial charge in [-0.25, -0.2) is 5.10 Å². The lowest BCUT2D eigenvalue weighted by atomic mass is 9.67. The van der Waals surface area contributed by atoms with E-state index in [2.05, 4.69) is 42.6 Å². The highest BCUT2D eigenvalue weighted by molar-refractivity contribution is 5.95. The van der Waals surface area contributed by atoms with Gasteiger partial charge in [-0.1, -0.05) is 12.1 Å². The number of hydrogen-bond donors (Lipinski definition) is 4. The van der Waals surface area contributed by atoms with E-state index in [1.165, 1.54) is 0 Å². The van der Waals surface area contributed by atoms with Crippen LogP contribution < -0.4 is 16.0 Å². The number of carbonyl (C=O) groups excluding carboxylic acids is 3. The van der Waals surface area contributed by atoms with E-state index in [0.29, 0.717) is 55.2 Å². The van der Waals surface area contributed by atoms with Gasteiger partial charge in [-0.2, -0.15) is 5.26 Å². The van der Waals surface area contributed by atoms with Crippen molar-refractivity contribution in [3.63, 3.8) is 0 Å². The van der Waals surface area contributed by atoms with Crippen molar-refractivity contribution in [1.29, 1.82) is 5.26 Å². The number of nitriles is 1. The van der Waals surface area contributed by atoms with Gasteiger partial charge in [0.15, 0.2) is 5.82 Å². The van der Waals surface area contributed by atoms with Crippen molar-refractivity contribution in [2.45, 2.75) is 62.6 Å². The first-order valence-electron chi connectivity index (χ1n) is 17.8. The zero-order chi connectivity index (χ0) is 36.3. The van der Waals surface area contributed by atoms with E-state index in [4.69, 9.17) is 0 Å². The number of H-pyrrole nitrogens is 1. The Labute approximate surface area is 299 Å². The Morgan fingerprint density at radius 1 is 0.961 bits per heavy atom. The molecule has 2 fully saturated rings. The lowest BCUT2D eigenvalue weighted by Gasteiger charge is -2.37. The van der Waals surface area contributed by atoms with E-state index in [-0.39, 0.29) is 42.4 Å². The van der Waals surface area contributed by atoms with E-state index in [9.17, 15) is 19.6 Å². The molecule has 2 aromatic carbocycles. The molecule has 3 amide bonds. The fourth-order valence-electron chi connectivity index (χ4n) is 7.85. The first-order valence-corrected chi connectivity index (χ1v) is 17.8. The Hall–Kier alpha value is -4.71. The number of aryl methyl sites for hydroxylation is 2. The van der Waals surface area contributed by atoms with E-state index < -0.39 is 5.41 Å². The van der Waals surface area contributed by atoms with Crippen molar-refractivity contribution in [1.82, 2.24) is 51.3 Å². The highest BCUT2D eigenvalue weighted by Crippen LogP contribution is 2.48. The average Bonchev–Trinajstić information content (AvgIpc) is 3.49. The number of aromatic amines is 1. The second-order valence-corrected chi connectivity index (χ2v) is 14.7.